The molecule has 32 heavy (non-hydrogen) atoms. The van der Waals surface area contributed by atoms with E-state index in [1.807, 2.05) is 49.4 Å². The summed E-state index contributed by atoms with van der Waals surface area (Å²) in [5, 5.41) is 17.4. The molecule has 3 aromatic carbocycles. The molecular formula is C26H20ClFN2O2. The highest BCUT2D eigenvalue weighted by Gasteiger charge is 2.18. The first-order chi connectivity index (χ1) is 15.5. The zero-order valence-corrected chi connectivity index (χ0v) is 18.0. The largest absolute Gasteiger partial charge is 0.478 e. The molecule has 4 nitrogen and oxygen atoms in total. The number of H-pyrrole nitrogens is 1. The highest BCUT2D eigenvalue weighted by Crippen LogP contribution is 2.38. The number of hydrogen-bond acceptors (Lipinski definition) is 2. The molecule has 0 saturated carbocycles. The average Bonchev–Trinajstić information content (AvgIpc) is 3.25. The van der Waals surface area contributed by atoms with Crippen molar-refractivity contribution in [2.24, 2.45) is 0 Å². The minimum Gasteiger partial charge on any atom is -0.478 e. The van der Waals surface area contributed by atoms with Crippen LogP contribution in [0.5, 0.6) is 0 Å². The van der Waals surface area contributed by atoms with Gasteiger partial charge in [0.25, 0.3) is 0 Å². The second-order valence-corrected chi connectivity index (χ2v) is 7.68. The molecule has 4 aromatic rings. The van der Waals surface area contributed by atoms with Crippen molar-refractivity contribution in [3.8, 4) is 0 Å². The zero-order chi connectivity index (χ0) is 22.7. The van der Waals surface area contributed by atoms with E-state index in [0.29, 0.717) is 22.6 Å². The third-order valence-electron chi connectivity index (χ3n) is 5.26. The Bertz CT molecular complexity index is 1370. The molecule has 0 aliphatic rings. The Labute approximate surface area is 189 Å². The summed E-state index contributed by atoms with van der Waals surface area (Å²) in [7, 11) is 0. The van der Waals surface area contributed by atoms with Crippen LogP contribution in [0, 0.1) is 5.82 Å². The van der Waals surface area contributed by atoms with E-state index in [4.69, 9.17) is 16.7 Å². The van der Waals surface area contributed by atoms with E-state index in [1.165, 1.54) is 12.1 Å². The smallest absolute Gasteiger partial charge is 0.328 e. The number of carboxylic acids is 1. The number of fused-ring (bicyclic) bond motifs is 1. The third-order valence-corrected chi connectivity index (χ3v) is 5.59. The number of halogens is 2. The van der Waals surface area contributed by atoms with Crippen molar-refractivity contribution < 1.29 is 14.3 Å². The molecule has 0 unspecified atom stereocenters. The molecule has 160 valence electrons. The molecule has 0 amide bonds. The standard InChI is InChI=1S/C26H20ClFN2O2/c1-2-19(20-5-3-4-6-22(20)27)26(17-9-11-24-18(14-17)15-29-30-24)21-10-7-16(13-23(21)28)8-12-25(31)32/h3-15H,2H2,1H3,(H,29,30)(H,31,32)/b12-8?,26-19-. The minimum atomic E-state index is -1.09. The topological polar surface area (TPSA) is 66.0 Å². The van der Waals surface area contributed by atoms with E-state index in [2.05, 4.69) is 10.2 Å². The molecule has 0 aliphatic heterocycles. The maximum atomic E-state index is 15.4. The monoisotopic (exact) mass is 446 g/mol. The predicted octanol–water partition coefficient (Wildman–Crippen LogP) is 6.82. The van der Waals surface area contributed by atoms with Crippen molar-refractivity contribution in [2.75, 3.05) is 0 Å². The van der Waals surface area contributed by atoms with Crippen LogP contribution in [0.25, 0.3) is 28.1 Å². The molecule has 1 aromatic heterocycles. The van der Waals surface area contributed by atoms with Gasteiger partial charge < -0.3 is 5.11 Å². The first-order valence-corrected chi connectivity index (χ1v) is 10.5. The molecule has 0 radical (unpaired) electrons. The van der Waals surface area contributed by atoms with Gasteiger partial charge in [0.2, 0.25) is 0 Å². The van der Waals surface area contributed by atoms with Gasteiger partial charge in [-0.15, -0.1) is 0 Å². The number of carbonyl (C=O) groups is 1. The summed E-state index contributed by atoms with van der Waals surface area (Å²) in [6.45, 7) is 2.01. The summed E-state index contributed by atoms with van der Waals surface area (Å²) in [5.74, 6) is -1.53. The van der Waals surface area contributed by atoms with Crippen LogP contribution in [0.1, 0.15) is 35.6 Å². The van der Waals surface area contributed by atoms with Crippen LogP contribution in [0.2, 0.25) is 5.02 Å². The molecule has 2 N–H and O–H groups in total. The summed E-state index contributed by atoms with van der Waals surface area (Å²) in [5.41, 5.74) is 5.09. The fourth-order valence-corrected chi connectivity index (χ4v) is 4.05. The van der Waals surface area contributed by atoms with Crippen LogP contribution >= 0.6 is 11.6 Å². The summed E-state index contributed by atoms with van der Waals surface area (Å²) >= 11 is 6.52. The summed E-state index contributed by atoms with van der Waals surface area (Å²) in [4.78, 5) is 10.8. The first-order valence-electron chi connectivity index (χ1n) is 10.1. The van der Waals surface area contributed by atoms with Crippen LogP contribution in [0.15, 0.2) is 72.9 Å². The first kappa shape index (κ1) is 21.5. The molecule has 0 spiro atoms. The van der Waals surface area contributed by atoms with Gasteiger partial charge in [-0.25, -0.2) is 9.18 Å². The number of rotatable bonds is 6. The average molecular weight is 447 g/mol. The summed E-state index contributed by atoms with van der Waals surface area (Å²) in [6, 6.07) is 18.1. The Morgan fingerprint density at radius 3 is 2.66 bits per heavy atom. The lowest BCUT2D eigenvalue weighted by Gasteiger charge is -2.18. The van der Waals surface area contributed by atoms with Gasteiger partial charge in [-0.2, -0.15) is 5.10 Å². The van der Waals surface area contributed by atoms with E-state index < -0.39 is 11.8 Å². The number of nitrogens with one attached hydrogen (secondary N) is 1. The maximum Gasteiger partial charge on any atom is 0.328 e. The lowest BCUT2D eigenvalue weighted by molar-refractivity contribution is -0.131. The molecule has 6 heteroatoms. The molecule has 0 bridgehead atoms. The zero-order valence-electron chi connectivity index (χ0n) is 17.3. The van der Waals surface area contributed by atoms with Gasteiger partial charge in [-0.05, 0) is 64.6 Å². The number of allylic oxidation sites excluding steroid dienone is 1. The van der Waals surface area contributed by atoms with Crippen molar-refractivity contribution in [1.82, 2.24) is 10.2 Å². The quantitative estimate of drug-likeness (QED) is 0.252. The number of benzene rings is 3. The van der Waals surface area contributed by atoms with Crippen molar-refractivity contribution >= 4 is 45.7 Å². The maximum absolute atomic E-state index is 15.4. The number of hydrogen-bond donors (Lipinski definition) is 2. The lowest BCUT2D eigenvalue weighted by atomic mass is 9.87. The second-order valence-electron chi connectivity index (χ2n) is 7.27. The molecule has 0 atom stereocenters. The number of nitrogens with zero attached hydrogens (tertiary/aromatic N) is 1. The third kappa shape index (κ3) is 4.34. The fourth-order valence-electron chi connectivity index (χ4n) is 3.80. The molecule has 1 heterocycles. The van der Waals surface area contributed by atoms with Gasteiger partial charge in [0, 0.05) is 22.0 Å². The van der Waals surface area contributed by atoms with Crippen LogP contribution in [0.4, 0.5) is 4.39 Å². The Morgan fingerprint density at radius 1 is 1.12 bits per heavy atom. The predicted molar refractivity (Wildman–Crippen MR) is 127 cm³/mol. The Balaban J connectivity index is 1.98. The highest BCUT2D eigenvalue weighted by molar-refractivity contribution is 6.32. The minimum absolute atomic E-state index is 0.414. The summed E-state index contributed by atoms with van der Waals surface area (Å²) in [6.07, 6.45) is 4.71. The van der Waals surface area contributed by atoms with Crippen molar-refractivity contribution in [3.63, 3.8) is 0 Å². The van der Waals surface area contributed by atoms with E-state index >= 15 is 4.39 Å². The molecule has 0 fully saturated rings. The van der Waals surface area contributed by atoms with Gasteiger partial charge in [-0.1, -0.05) is 54.9 Å². The second kappa shape index (κ2) is 9.20. The molecule has 4 rings (SSSR count). The SMILES string of the molecule is CC/C(=C(\c1ccc2[nH]ncc2c1)c1ccc(C=CC(=O)O)cc1F)c1ccccc1Cl. The van der Waals surface area contributed by atoms with E-state index in [9.17, 15) is 4.79 Å². The molecular weight excluding hydrogens is 427 g/mol. The van der Waals surface area contributed by atoms with Gasteiger partial charge >= 0.3 is 5.97 Å². The van der Waals surface area contributed by atoms with Crippen LogP contribution in [-0.2, 0) is 4.79 Å². The van der Waals surface area contributed by atoms with E-state index in [0.717, 1.165) is 39.3 Å². The van der Waals surface area contributed by atoms with Crippen molar-refractivity contribution in [3.05, 3.63) is 106 Å². The number of carboxylic acid groups (broad SMARTS) is 1. The van der Waals surface area contributed by atoms with Gasteiger partial charge in [0.1, 0.15) is 5.82 Å². The fraction of sp³-hybridized carbons (Fsp3) is 0.0769. The Kier molecular flexibility index (Phi) is 6.19. The molecule has 0 saturated heterocycles. The van der Waals surface area contributed by atoms with Crippen LogP contribution < -0.4 is 0 Å². The van der Waals surface area contributed by atoms with Gasteiger partial charge in [-0.3, -0.25) is 5.10 Å². The van der Waals surface area contributed by atoms with E-state index in [-0.39, 0.29) is 0 Å². The number of aliphatic carboxylic acids is 1. The van der Waals surface area contributed by atoms with Crippen molar-refractivity contribution in [1.29, 1.82) is 0 Å². The normalized spacial score (nSPS) is 12.3. The van der Waals surface area contributed by atoms with Crippen LogP contribution in [-0.4, -0.2) is 21.3 Å². The lowest BCUT2D eigenvalue weighted by Crippen LogP contribution is -1.99. The van der Waals surface area contributed by atoms with Gasteiger partial charge in [0.15, 0.2) is 0 Å². The van der Waals surface area contributed by atoms with Gasteiger partial charge in [0.05, 0.1) is 11.7 Å². The number of aromatic nitrogens is 2. The van der Waals surface area contributed by atoms with Crippen molar-refractivity contribution in [2.45, 2.75) is 13.3 Å². The van der Waals surface area contributed by atoms with Crippen LogP contribution in [0.3, 0.4) is 0 Å². The summed E-state index contributed by atoms with van der Waals surface area (Å²) < 4.78 is 15.4. The highest BCUT2D eigenvalue weighted by atomic mass is 35.5. The molecule has 0 aliphatic carbocycles. The Morgan fingerprint density at radius 2 is 1.94 bits per heavy atom. The van der Waals surface area contributed by atoms with E-state index in [1.54, 1.807) is 18.3 Å². The number of aromatic amines is 1. The Hall–Kier alpha value is -3.70.